The Morgan fingerprint density at radius 1 is 0.957 bits per heavy atom. The summed E-state index contributed by atoms with van der Waals surface area (Å²) >= 11 is 0. The summed E-state index contributed by atoms with van der Waals surface area (Å²) in [5.41, 5.74) is 11.1. The molecule has 1 fully saturated rings. The van der Waals surface area contributed by atoms with Crippen LogP contribution in [0.15, 0.2) is 42.7 Å². The fourth-order valence-electron chi connectivity index (χ4n) is 3.83. The predicted molar refractivity (Wildman–Crippen MR) is 98.0 cm³/mol. The Labute approximate surface area is 139 Å². The Morgan fingerprint density at radius 3 is 2.30 bits per heavy atom. The average Bonchev–Trinajstić information content (AvgIpc) is 2.81. The van der Waals surface area contributed by atoms with Crippen LogP contribution in [0.5, 0.6) is 0 Å². The van der Waals surface area contributed by atoms with Crippen molar-refractivity contribution in [2.24, 2.45) is 0 Å². The minimum Gasteiger partial charge on any atom is -0.398 e. The largest absolute Gasteiger partial charge is 0.398 e. The summed E-state index contributed by atoms with van der Waals surface area (Å²) < 4.78 is 0. The molecule has 3 nitrogen and oxygen atoms in total. The molecule has 3 heteroatoms. The predicted octanol–water partition coefficient (Wildman–Crippen LogP) is 4.56. The molecule has 2 aromatic rings. The van der Waals surface area contributed by atoms with Crippen LogP contribution in [0.25, 0.3) is 0 Å². The Morgan fingerprint density at radius 2 is 1.65 bits per heavy atom. The zero-order valence-corrected chi connectivity index (χ0v) is 14.2. The molecule has 2 atom stereocenters. The molecule has 1 aliphatic rings. The second kappa shape index (κ2) is 7.03. The number of rotatable bonds is 3. The van der Waals surface area contributed by atoms with E-state index in [0.29, 0.717) is 11.8 Å². The summed E-state index contributed by atoms with van der Waals surface area (Å²) in [6, 6.07) is 11.0. The maximum atomic E-state index is 6.26. The molecule has 122 valence electrons. The Balaban J connectivity index is 1.94. The lowest BCUT2D eigenvalue weighted by molar-refractivity contribution is 0.510. The van der Waals surface area contributed by atoms with Crippen molar-refractivity contribution in [2.75, 3.05) is 24.7 Å². The molecular formula is C20H27N3. The summed E-state index contributed by atoms with van der Waals surface area (Å²) in [4.78, 5) is 6.48. The fourth-order valence-corrected chi connectivity index (χ4v) is 3.83. The first kappa shape index (κ1) is 15.9. The van der Waals surface area contributed by atoms with Crippen LogP contribution >= 0.6 is 0 Å². The van der Waals surface area contributed by atoms with Gasteiger partial charge in [0.05, 0.1) is 0 Å². The van der Waals surface area contributed by atoms with E-state index >= 15 is 0 Å². The van der Waals surface area contributed by atoms with Gasteiger partial charge in [0.25, 0.3) is 0 Å². The van der Waals surface area contributed by atoms with Crippen molar-refractivity contribution in [3.05, 3.63) is 53.9 Å². The van der Waals surface area contributed by atoms with Gasteiger partial charge in [-0.15, -0.1) is 0 Å². The lowest BCUT2D eigenvalue weighted by Crippen LogP contribution is -2.13. The van der Waals surface area contributed by atoms with E-state index < -0.39 is 0 Å². The van der Waals surface area contributed by atoms with Gasteiger partial charge in [-0.3, -0.25) is 4.98 Å². The van der Waals surface area contributed by atoms with Crippen molar-refractivity contribution in [2.45, 2.75) is 43.9 Å². The van der Waals surface area contributed by atoms with Crippen LogP contribution in [-0.4, -0.2) is 19.1 Å². The topological polar surface area (TPSA) is 42.2 Å². The van der Waals surface area contributed by atoms with E-state index in [4.69, 9.17) is 5.73 Å². The number of aromatic nitrogens is 1. The zero-order valence-electron chi connectivity index (χ0n) is 14.2. The molecule has 0 aliphatic heterocycles. The highest BCUT2D eigenvalue weighted by molar-refractivity contribution is 5.50. The molecule has 1 aromatic heterocycles. The van der Waals surface area contributed by atoms with E-state index in [1.807, 2.05) is 12.3 Å². The molecule has 3 rings (SSSR count). The van der Waals surface area contributed by atoms with E-state index in [1.54, 1.807) is 6.20 Å². The van der Waals surface area contributed by atoms with Crippen molar-refractivity contribution in [1.82, 2.24) is 4.98 Å². The molecule has 0 radical (unpaired) electrons. The molecule has 1 heterocycles. The van der Waals surface area contributed by atoms with Crippen LogP contribution in [0.4, 0.5) is 11.4 Å². The summed E-state index contributed by atoms with van der Waals surface area (Å²) in [6.07, 6.45) is 10.1. The van der Waals surface area contributed by atoms with Crippen LogP contribution in [-0.2, 0) is 0 Å². The van der Waals surface area contributed by atoms with Gasteiger partial charge in [0.2, 0.25) is 0 Å². The van der Waals surface area contributed by atoms with Gasteiger partial charge in [-0.2, -0.15) is 0 Å². The van der Waals surface area contributed by atoms with Crippen LogP contribution < -0.4 is 10.6 Å². The first-order valence-corrected chi connectivity index (χ1v) is 8.63. The summed E-state index contributed by atoms with van der Waals surface area (Å²) in [6.45, 7) is 0. The van der Waals surface area contributed by atoms with E-state index in [-0.39, 0.29) is 0 Å². The zero-order chi connectivity index (χ0) is 16.2. The van der Waals surface area contributed by atoms with Gasteiger partial charge in [-0.1, -0.05) is 31.4 Å². The first-order chi connectivity index (χ1) is 11.2. The molecule has 1 aromatic carbocycles. The lowest BCUT2D eigenvalue weighted by atomic mass is 9.78. The number of nitrogens with two attached hydrogens (primary N) is 1. The van der Waals surface area contributed by atoms with Crippen molar-refractivity contribution in [3.8, 4) is 0 Å². The highest BCUT2D eigenvalue weighted by atomic mass is 15.1. The molecular weight excluding hydrogens is 282 g/mol. The lowest BCUT2D eigenvalue weighted by Gasteiger charge is -2.27. The van der Waals surface area contributed by atoms with Gasteiger partial charge in [0.15, 0.2) is 0 Å². The van der Waals surface area contributed by atoms with Gasteiger partial charge in [0, 0.05) is 37.9 Å². The van der Waals surface area contributed by atoms with E-state index in [2.05, 4.69) is 48.2 Å². The Hall–Kier alpha value is -2.03. The summed E-state index contributed by atoms with van der Waals surface area (Å²) in [7, 11) is 4.17. The number of hydrogen-bond acceptors (Lipinski definition) is 3. The normalized spacial score (nSPS) is 21.7. The Kier molecular flexibility index (Phi) is 4.85. The SMILES string of the molecule is CN(C)c1ccc(C2CCCCCC2c2cnccc2N)cc1. The monoisotopic (exact) mass is 309 g/mol. The minimum atomic E-state index is 0.483. The second-order valence-electron chi connectivity index (χ2n) is 6.84. The number of hydrogen-bond donors (Lipinski definition) is 1. The summed E-state index contributed by atoms with van der Waals surface area (Å²) in [5.74, 6) is 1.02. The third kappa shape index (κ3) is 3.49. The first-order valence-electron chi connectivity index (χ1n) is 8.63. The van der Waals surface area contributed by atoms with Crippen molar-refractivity contribution >= 4 is 11.4 Å². The van der Waals surface area contributed by atoms with E-state index in [9.17, 15) is 0 Å². The maximum Gasteiger partial charge on any atom is 0.0380 e. The van der Waals surface area contributed by atoms with Gasteiger partial charge in [-0.25, -0.2) is 0 Å². The van der Waals surface area contributed by atoms with Crippen molar-refractivity contribution < 1.29 is 0 Å². The maximum absolute atomic E-state index is 6.26. The number of nitrogens with zero attached hydrogens (tertiary/aromatic N) is 2. The van der Waals surface area contributed by atoms with Crippen LogP contribution in [0.2, 0.25) is 0 Å². The number of pyridine rings is 1. The number of benzene rings is 1. The highest BCUT2D eigenvalue weighted by Gasteiger charge is 2.28. The molecule has 1 saturated carbocycles. The quantitative estimate of drug-likeness (QED) is 0.845. The molecule has 0 spiro atoms. The average molecular weight is 309 g/mol. The fraction of sp³-hybridized carbons (Fsp3) is 0.450. The molecule has 2 N–H and O–H groups in total. The van der Waals surface area contributed by atoms with E-state index in [1.165, 1.54) is 48.9 Å². The number of nitrogen functional groups attached to an aromatic ring is 1. The van der Waals surface area contributed by atoms with Gasteiger partial charge < -0.3 is 10.6 Å². The third-order valence-electron chi connectivity index (χ3n) is 5.14. The molecule has 1 aliphatic carbocycles. The second-order valence-corrected chi connectivity index (χ2v) is 6.84. The molecule has 23 heavy (non-hydrogen) atoms. The molecule has 2 unspecified atom stereocenters. The molecule has 0 amide bonds. The Bertz CT molecular complexity index is 634. The van der Waals surface area contributed by atoms with Gasteiger partial charge in [-0.05, 0) is 54.0 Å². The molecule has 0 saturated heterocycles. The summed E-state index contributed by atoms with van der Waals surface area (Å²) in [5, 5.41) is 0. The standard InChI is InChI=1S/C20H27N3/c1-23(2)16-10-8-15(9-11-16)17-6-4-3-5-7-18(17)19-14-22-13-12-20(19)21/h8-14,17-18H,3-7H2,1-2H3,(H2,21,22). The van der Waals surface area contributed by atoms with Crippen LogP contribution in [0, 0.1) is 0 Å². The smallest absolute Gasteiger partial charge is 0.0380 e. The molecule has 0 bridgehead atoms. The highest BCUT2D eigenvalue weighted by Crippen LogP contribution is 2.44. The van der Waals surface area contributed by atoms with Crippen molar-refractivity contribution in [3.63, 3.8) is 0 Å². The number of anilines is 2. The van der Waals surface area contributed by atoms with E-state index in [0.717, 1.165) is 5.69 Å². The van der Waals surface area contributed by atoms with Crippen LogP contribution in [0.3, 0.4) is 0 Å². The minimum absolute atomic E-state index is 0.483. The van der Waals surface area contributed by atoms with Gasteiger partial charge in [0.1, 0.15) is 0 Å². The van der Waals surface area contributed by atoms with Crippen LogP contribution in [0.1, 0.15) is 55.1 Å². The van der Waals surface area contributed by atoms with Gasteiger partial charge >= 0.3 is 0 Å². The van der Waals surface area contributed by atoms with Crippen molar-refractivity contribution in [1.29, 1.82) is 0 Å². The third-order valence-corrected chi connectivity index (χ3v) is 5.14.